The topological polar surface area (TPSA) is 24.7 Å². The average molecular weight is 363 g/mol. The molecular weight excluding hydrogens is 328 g/mol. The lowest BCUT2D eigenvalue weighted by Gasteiger charge is -2.06. The van der Waals surface area contributed by atoms with Crippen LogP contribution in [-0.2, 0) is 6.42 Å². The van der Waals surface area contributed by atoms with Crippen LogP contribution in [-0.4, -0.2) is 11.4 Å². The first kappa shape index (κ1) is 21.1. The normalized spacial score (nSPS) is 12.9. The lowest BCUT2D eigenvalue weighted by Crippen LogP contribution is -1.97. The lowest BCUT2D eigenvalue weighted by molar-refractivity contribution is 0.682. The second-order valence-electron chi connectivity index (χ2n) is 8.40. The fourth-order valence-corrected chi connectivity index (χ4v) is 3.33. The summed E-state index contributed by atoms with van der Waals surface area (Å²) in [7, 11) is 0. The van der Waals surface area contributed by atoms with Gasteiger partial charge in [0.1, 0.15) is 0 Å². The van der Waals surface area contributed by atoms with Crippen LogP contribution in [0, 0.1) is 11.8 Å². The van der Waals surface area contributed by atoms with Gasteiger partial charge in [-0.2, -0.15) is 0 Å². The predicted octanol–water partition coefficient (Wildman–Crippen LogP) is 7.55. The summed E-state index contributed by atoms with van der Waals surface area (Å²) in [5.41, 5.74) is 7.10. The number of benzene rings is 2. The molecule has 0 saturated heterocycles. The summed E-state index contributed by atoms with van der Waals surface area (Å²) < 4.78 is 0. The highest BCUT2D eigenvalue weighted by Gasteiger charge is 2.01. The minimum atomic E-state index is 0.648. The number of hydrogen-bond acceptors (Lipinski definition) is 2. The van der Waals surface area contributed by atoms with Gasteiger partial charge in [0, 0.05) is 11.4 Å². The minimum absolute atomic E-state index is 0.648. The molecule has 2 nitrogen and oxygen atoms in total. The van der Waals surface area contributed by atoms with E-state index in [2.05, 4.69) is 90.1 Å². The Kier molecular flexibility index (Phi) is 7.97. The molecule has 2 aromatic carbocycles. The van der Waals surface area contributed by atoms with Crippen molar-refractivity contribution in [2.75, 3.05) is 0 Å². The van der Waals surface area contributed by atoms with E-state index in [1.807, 2.05) is 0 Å². The molecule has 0 aliphatic rings. The standard InChI is InChI=1S/C25H34N2/c1-18(2)15-20(5)26-24-11-7-22(8-12-24)17-23-9-13-25(14-10-23)27-21(6)16-19(3)4/h7-14,18-19H,15-17H2,1-6H3. The Hall–Kier alpha value is -2.22. The quantitative estimate of drug-likeness (QED) is 0.433. The molecule has 2 heteroatoms. The first-order valence-electron chi connectivity index (χ1n) is 10.1. The third kappa shape index (κ3) is 7.90. The molecule has 144 valence electrons. The fraction of sp³-hybridized carbons (Fsp3) is 0.440. The van der Waals surface area contributed by atoms with E-state index in [0.717, 1.165) is 30.6 Å². The summed E-state index contributed by atoms with van der Waals surface area (Å²) in [6, 6.07) is 17.2. The average Bonchev–Trinajstić information content (AvgIpc) is 2.57. The Bertz CT molecular complexity index is 695. The van der Waals surface area contributed by atoms with Crippen LogP contribution >= 0.6 is 0 Å². The van der Waals surface area contributed by atoms with Crippen molar-refractivity contribution >= 4 is 22.8 Å². The highest BCUT2D eigenvalue weighted by molar-refractivity contribution is 5.85. The van der Waals surface area contributed by atoms with Gasteiger partial charge in [-0.1, -0.05) is 52.0 Å². The van der Waals surface area contributed by atoms with Gasteiger partial charge in [-0.15, -0.1) is 0 Å². The highest BCUT2D eigenvalue weighted by Crippen LogP contribution is 2.20. The Morgan fingerprint density at radius 3 is 1.26 bits per heavy atom. The van der Waals surface area contributed by atoms with Crippen molar-refractivity contribution in [2.24, 2.45) is 21.8 Å². The molecule has 0 saturated carbocycles. The van der Waals surface area contributed by atoms with E-state index in [-0.39, 0.29) is 0 Å². The van der Waals surface area contributed by atoms with Crippen LogP contribution in [0.5, 0.6) is 0 Å². The third-order valence-corrected chi connectivity index (χ3v) is 4.33. The van der Waals surface area contributed by atoms with E-state index in [1.165, 1.54) is 22.6 Å². The van der Waals surface area contributed by atoms with Crippen molar-refractivity contribution in [3.8, 4) is 0 Å². The van der Waals surface area contributed by atoms with Gasteiger partial charge in [0.2, 0.25) is 0 Å². The molecule has 0 N–H and O–H groups in total. The van der Waals surface area contributed by atoms with Gasteiger partial charge in [0.25, 0.3) is 0 Å². The molecule has 0 amide bonds. The van der Waals surface area contributed by atoms with Crippen molar-refractivity contribution in [2.45, 2.75) is 60.8 Å². The van der Waals surface area contributed by atoms with E-state index in [4.69, 9.17) is 9.98 Å². The second-order valence-corrected chi connectivity index (χ2v) is 8.40. The maximum absolute atomic E-state index is 4.71. The van der Waals surface area contributed by atoms with Gasteiger partial charge in [0.05, 0.1) is 11.4 Å². The molecule has 0 unspecified atom stereocenters. The molecule has 0 fully saturated rings. The zero-order valence-corrected chi connectivity index (χ0v) is 17.8. The maximum Gasteiger partial charge on any atom is 0.0629 e. The van der Waals surface area contributed by atoms with Crippen molar-refractivity contribution in [1.29, 1.82) is 0 Å². The SMILES string of the molecule is CC(CC(C)C)=Nc1ccc(Cc2ccc(N=C(C)CC(C)C)cc2)cc1. The summed E-state index contributed by atoms with van der Waals surface area (Å²) >= 11 is 0. The molecule has 0 aliphatic heterocycles. The van der Waals surface area contributed by atoms with Gasteiger partial charge < -0.3 is 0 Å². The molecule has 0 atom stereocenters. The van der Waals surface area contributed by atoms with Gasteiger partial charge in [-0.05, 0) is 80.3 Å². The van der Waals surface area contributed by atoms with Crippen LogP contribution in [0.4, 0.5) is 11.4 Å². The zero-order valence-electron chi connectivity index (χ0n) is 17.8. The molecule has 27 heavy (non-hydrogen) atoms. The Morgan fingerprint density at radius 2 is 0.963 bits per heavy atom. The van der Waals surface area contributed by atoms with Gasteiger partial charge in [0.15, 0.2) is 0 Å². The zero-order chi connectivity index (χ0) is 19.8. The summed E-state index contributed by atoms with van der Waals surface area (Å²) in [5, 5.41) is 0. The number of aliphatic imine (C=N–C) groups is 2. The predicted molar refractivity (Wildman–Crippen MR) is 120 cm³/mol. The smallest absolute Gasteiger partial charge is 0.0629 e. The monoisotopic (exact) mass is 362 g/mol. The molecule has 2 rings (SSSR count). The summed E-state index contributed by atoms with van der Waals surface area (Å²) in [6.45, 7) is 13.1. The van der Waals surface area contributed by atoms with Crippen LogP contribution in [0.25, 0.3) is 0 Å². The molecule has 0 bridgehead atoms. The number of nitrogens with zero attached hydrogens (tertiary/aromatic N) is 2. The van der Waals surface area contributed by atoms with E-state index >= 15 is 0 Å². The minimum Gasteiger partial charge on any atom is -0.258 e. The van der Waals surface area contributed by atoms with Gasteiger partial charge in [-0.3, -0.25) is 9.98 Å². The summed E-state index contributed by atoms with van der Waals surface area (Å²) in [4.78, 5) is 9.42. The fourth-order valence-electron chi connectivity index (χ4n) is 3.33. The largest absolute Gasteiger partial charge is 0.258 e. The van der Waals surface area contributed by atoms with Gasteiger partial charge >= 0.3 is 0 Å². The third-order valence-electron chi connectivity index (χ3n) is 4.33. The van der Waals surface area contributed by atoms with Crippen LogP contribution in [0.15, 0.2) is 58.5 Å². The van der Waals surface area contributed by atoms with Crippen LogP contribution in [0.2, 0.25) is 0 Å². The molecule has 0 radical (unpaired) electrons. The molecule has 0 aliphatic carbocycles. The van der Waals surface area contributed by atoms with E-state index in [0.29, 0.717) is 11.8 Å². The molecule has 0 heterocycles. The maximum atomic E-state index is 4.71. The van der Waals surface area contributed by atoms with Crippen LogP contribution in [0.3, 0.4) is 0 Å². The van der Waals surface area contributed by atoms with Crippen molar-refractivity contribution in [3.05, 3.63) is 59.7 Å². The van der Waals surface area contributed by atoms with Crippen molar-refractivity contribution in [3.63, 3.8) is 0 Å². The Labute approximate surface area is 165 Å². The van der Waals surface area contributed by atoms with Crippen molar-refractivity contribution in [1.82, 2.24) is 0 Å². The Balaban J connectivity index is 1.99. The van der Waals surface area contributed by atoms with Crippen LogP contribution < -0.4 is 0 Å². The number of hydrogen-bond donors (Lipinski definition) is 0. The first-order valence-corrected chi connectivity index (χ1v) is 10.1. The van der Waals surface area contributed by atoms with Gasteiger partial charge in [-0.25, -0.2) is 0 Å². The molecular formula is C25H34N2. The molecule has 2 aromatic rings. The molecule has 0 spiro atoms. The Morgan fingerprint density at radius 1 is 0.630 bits per heavy atom. The number of rotatable bonds is 8. The molecule has 0 aromatic heterocycles. The second kappa shape index (κ2) is 10.2. The summed E-state index contributed by atoms with van der Waals surface area (Å²) in [6.07, 6.45) is 3.03. The van der Waals surface area contributed by atoms with E-state index in [9.17, 15) is 0 Å². The first-order chi connectivity index (χ1) is 12.8. The summed E-state index contributed by atoms with van der Waals surface area (Å²) in [5.74, 6) is 1.30. The van der Waals surface area contributed by atoms with Crippen LogP contribution in [0.1, 0.15) is 65.5 Å². The van der Waals surface area contributed by atoms with Crippen molar-refractivity contribution < 1.29 is 0 Å². The van der Waals surface area contributed by atoms with E-state index < -0.39 is 0 Å². The highest BCUT2D eigenvalue weighted by atomic mass is 14.7. The van der Waals surface area contributed by atoms with E-state index in [1.54, 1.807) is 0 Å². The lowest BCUT2D eigenvalue weighted by atomic mass is 10.0.